The van der Waals surface area contributed by atoms with Crippen molar-refractivity contribution in [2.45, 2.75) is 26.7 Å². The average Bonchev–Trinajstić information content (AvgIpc) is 3.43. The smallest absolute Gasteiger partial charge is 0.227 e. The lowest BCUT2D eigenvalue weighted by Gasteiger charge is -2.32. The third-order valence-corrected chi connectivity index (χ3v) is 7.17. The molecule has 0 saturated carbocycles. The Hall–Kier alpha value is -3.26. The first kappa shape index (κ1) is 19.7. The summed E-state index contributed by atoms with van der Waals surface area (Å²) in [5, 5.41) is 4.29. The highest BCUT2D eigenvalue weighted by atomic mass is 32.1. The molecule has 0 unspecified atom stereocenters. The zero-order valence-electron chi connectivity index (χ0n) is 17.6. The zero-order chi connectivity index (χ0) is 21.4. The highest BCUT2D eigenvalue weighted by molar-refractivity contribution is 7.18. The lowest BCUT2D eigenvalue weighted by molar-refractivity contribution is -0.120. The zero-order valence-corrected chi connectivity index (χ0v) is 18.4. The molecule has 158 valence electrons. The lowest BCUT2D eigenvalue weighted by atomic mass is 9.95. The Labute approximate surface area is 184 Å². The minimum Gasteiger partial charge on any atom is -0.356 e. The number of hydrogen-bond acceptors (Lipinski definition) is 6. The quantitative estimate of drug-likeness (QED) is 0.519. The number of anilines is 2. The molecule has 0 atom stereocenters. The fourth-order valence-corrected chi connectivity index (χ4v) is 5.19. The predicted molar refractivity (Wildman–Crippen MR) is 124 cm³/mol. The molecule has 5 rings (SSSR count). The standard InChI is InChI=1S/C23H24N6OS/c1-15-16(2)31-23-20(15)21(25-13-26-23)28-10-7-17(8-11-28)22(30)27-18-5-3-4-6-19(18)29-12-9-24-14-29/h3-6,9,12-14,17H,7-8,10-11H2,1-2H3,(H,27,30). The predicted octanol–water partition coefficient (Wildman–Crippen LogP) is 4.35. The fraction of sp³-hybridized carbons (Fsp3) is 0.304. The topological polar surface area (TPSA) is 75.9 Å². The maximum absolute atomic E-state index is 13.0. The summed E-state index contributed by atoms with van der Waals surface area (Å²) in [6.45, 7) is 5.88. The molecule has 1 fully saturated rings. The Balaban J connectivity index is 1.29. The number of piperidine rings is 1. The molecule has 3 aromatic heterocycles. The number of imidazole rings is 1. The van der Waals surface area contributed by atoms with Gasteiger partial charge in [-0.1, -0.05) is 12.1 Å². The molecule has 0 radical (unpaired) electrons. The van der Waals surface area contributed by atoms with Gasteiger partial charge in [0.1, 0.15) is 17.0 Å². The fourth-order valence-electron chi connectivity index (χ4n) is 4.20. The van der Waals surface area contributed by atoms with Crippen molar-refractivity contribution in [3.8, 4) is 5.69 Å². The van der Waals surface area contributed by atoms with E-state index in [1.807, 2.05) is 35.0 Å². The van der Waals surface area contributed by atoms with Crippen LogP contribution < -0.4 is 10.2 Å². The number of amides is 1. The van der Waals surface area contributed by atoms with Crippen LogP contribution >= 0.6 is 11.3 Å². The minimum absolute atomic E-state index is 0.0188. The number of aromatic nitrogens is 4. The van der Waals surface area contributed by atoms with E-state index in [2.05, 4.69) is 39.0 Å². The van der Waals surface area contributed by atoms with Gasteiger partial charge in [-0.2, -0.15) is 0 Å². The Kier molecular flexibility index (Phi) is 5.15. The molecule has 31 heavy (non-hydrogen) atoms. The number of thiophene rings is 1. The van der Waals surface area contributed by atoms with Crippen LogP contribution in [0.25, 0.3) is 15.9 Å². The van der Waals surface area contributed by atoms with Gasteiger partial charge in [0.15, 0.2) is 0 Å². The van der Waals surface area contributed by atoms with Gasteiger partial charge < -0.3 is 14.8 Å². The second-order valence-electron chi connectivity index (χ2n) is 7.90. The van der Waals surface area contributed by atoms with Crippen LogP contribution in [0.4, 0.5) is 11.5 Å². The van der Waals surface area contributed by atoms with Crippen molar-refractivity contribution in [1.29, 1.82) is 0 Å². The van der Waals surface area contributed by atoms with E-state index in [4.69, 9.17) is 0 Å². The molecule has 1 aromatic carbocycles. The van der Waals surface area contributed by atoms with Gasteiger partial charge in [-0.15, -0.1) is 11.3 Å². The van der Waals surface area contributed by atoms with Crippen LogP contribution in [0.2, 0.25) is 0 Å². The van der Waals surface area contributed by atoms with Crippen LogP contribution in [0, 0.1) is 19.8 Å². The van der Waals surface area contributed by atoms with Gasteiger partial charge in [0.2, 0.25) is 5.91 Å². The number of carbonyl (C=O) groups excluding carboxylic acids is 1. The number of carbonyl (C=O) groups is 1. The molecule has 0 spiro atoms. The van der Waals surface area contributed by atoms with Crippen molar-refractivity contribution in [2.75, 3.05) is 23.3 Å². The molecule has 1 aliphatic heterocycles. The average molecular weight is 433 g/mol. The highest BCUT2D eigenvalue weighted by Crippen LogP contribution is 2.35. The first-order valence-electron chi connectivity index (χ1n) is 10.5. The minimum atomic E-state index is -0.0188. The van der Waals surface area contributed by atoms with Crippen molar-refractivity contribution in [2.24, 2.45) is 5.92 Å². The Morgan fingerprint density at radius 2 is 1.97 bits per heavy atom. The van der Waals surface area contributed by atoms with Crippen LogP contribution in [0.5, 0.6) is 0 Å². The second-order valence-corrected chi connectivity index (χ2v) is 9.10. The van der Waals surface area contributed by atoms with Crippen molar-refractivity contribution in [1.82, 2.24) is 19.5 Å². The third kappa shape index (κ3) is 3.67. The van der Waals surface area contributed by atoms with Crippen LogP contribution in [-0.2, 0) is 4.79 Å². The summed E-state index contributed by atoms with van der Waals surface area (Å²) in [5.74, 6) is 1.05. The van der Waals surface area contributed by atoms with Gasteiger partial charge in [-0.25, -0.2) is 15.0 Å². The number of hydrogen-bond donors (Lipinski definition) is 1. The van der Waals surface area contributed by atoms with E-state index in [1.165, 1.54) is 10.4 Å². The van der Waals surface area contributed by atoms with Gasteiger partial charge in [-0.05, 0) is 44.4 Å². The monoisotopic (exact) mass is 432 g/mol. The summed E-state index contributed by atoms with van der Waals surface area (Å²) in [7, 11) is 0. The molecule has 7 nitrogen and oxygen atoms in total. The normalized spacial score (nSPS) is 14.8. The van der Waals surface area contributed by atoms with E-state index in [1.54, 1.807) is 30.2 Å². The SMILES string of the molecule is Cc1sc2ncnc(N3CCC(C(=O)Nc4ccccc4-n4ccnc4)CC3)c2c1C. The first-order chi connectivity index (χ1) is 15.1. The van der Waals surface area contributed by atoms with Crippen molar-refractivity contribution >= 4 is 39.0 Å². The number of nitrogens with one attached hydrogen (secondary N) is 1. The maximum Gasteiger partial charge on any atom is 0.227 e. The van der Waals surface area contributed by atoms with Gasteiger partial charge in [-0.3, -0.25) is 4.79 Å². The van der Waals surface area contributed by atoms with Crippen molar-refractivity contribution in [3.05, 3.63) is 59.8 Å². The van der Waals surface area contributed by atoms with Crippen LogP contribution in [0.15, 0.2) is 49.3 Å². The number of para-hydroxylation sites is 2. The van der Waals surface area contributed by atoms with Crippen LogP contribution in [0.3, 0.4) is 0 Å². The molecule has 0 aliphatic carbocycles. The molecular weight excluding hydrogens is 408 g/mol. The van der Waals surface area contributed by atoms with Crippen molar-refractivity contribution < 1.29 is 4.79 Å². The molecule has 1 N–H and O–H groups in total. The number of aryl methyl sites for hydroxylation is 2. The number of nitrogens with zero attached hydrogens (tertiary/aromatic N) is 5. The van der Waals surface area contributed by atoms with Crippen LogP contribution in [0.1, 0.15) is 23.3 Å². The molecule has 8 heteroatoms. The molecular formula is C23H24N6OS. The van der Waals surface area contributed by atoms with Gasteiger partial charge in [0.05, 0.1) is 23.1 Å². The van der Waals surface area contributed by atoms with E-state index < -0.39 is 0 Å². The number of benzene rings is 1. The number of rotatable bonds is 4. The summed E-state index contributed by atoms with van der Waals surface area (Å²) in [4.78, 5) is 30.8. The summed E-state index contributed by atoms with van der Waals surface area (Å²) < 4.78 is 1.91. The Bertz CT molecular complexity index is 1220. The molecule has 1 amide bonds. The van der Waals surface area contributed by atoms with E-state index in [0.717, 1.165) is 53.3 Å². The summed E-state index contributed by atoms with van der Waals surface area (Å²) >= 11 is 1.72. The molecule has 0 bridgehead atoms. The Morgan fingerprint density at radius 1 is 1.16 bits per heavy atom. The third-order valence-electron chi connectivity index (χ3n) is 6.06. The highest BCUT2D eigenvalue weighted by Gasteiger charge is 2.27. The second kappa shape index (κ2) is 8.11. The number of fused-ring (bicyclic) bond motifs is 1. The lowest BCUT2D eigenvalue weighted by Crippen LogP contribution is -2.38. The van der Waals surface area contributed by atoms with Gasteiger partial charge in [0.25, 0.3) is 0 Å². The van der Waals surface area contributed by atoms with Gasteiger partial charge in [0, 0.05) is 36.3 Å². The molecule has 1 saturated heterocycles. The largest absolute Gasteiger partial charge is 0.356 e. The van der Waals surface area contributed by atoms with E-state index >= 15 is 0 Å². The van der Waals surface area contributed by atoms with Crippen molar-refractivity contribution in [3.63, 3.8) is 0 Å². The molecule has 4 aromatic rings. The molecule has 4 heterocycles. The van der Waals surface area contributed by atoms with Crippen LogP contribution in [-0.4, -0.2) is 38.5 Å². The summed E-state index contributed by atoms with van der Waals surface area (Å²) in [6.07, 6.45) is 8.59. The van der Waals surface area contributed by atoms with E-state index in [9.17, 15) is 4.79 Å². The summed E-state index contributed by atoms with van der Waals surface area (Å²) in [5.41, 5.74) is 2.97. The van der Waals surface area contributed by atoms with E-state index in [0.29, 0.717) is 0 Å². The van der Waals surface area contributed by atoms with E-state index in [-0.39, 0.29) is 11.8 Å². The Morgan fingerprint density at radius 3 is 2.74 bits per heavy atom. The maximum atomic E-state index is 13.0. The first-order valence-corrected chi connectivity index (χ1v) is 11.3. The molecule has 1 aliphatic rings. The van der Waals surface area contributed by atoms with Gasteiger partial charge >= 0.3 is 0 Å². The summed E-state index contributed by atoms with van der Waals surface area (Å²) in [6, 6.07) is 7.80.